The van der Waals surface area contributed by atoms with Crippen LogP contribution in [0.15, 0.2) is 65.2 Å². The van der Waals surface area contributed by atoms with E-state index < -0.39 is 36.2 Å². The normalized spacial score (nSPS) is 20.8. The van der Waals surface area contributed by atoms with E-state index in [4.69, 9.17) is 10.5 Å². The number of nitrogens with one attached hydrogen (secondary N) is 2. The number of benzene rings is 2. The van der Waals surface area contributed by atoms with Crippen LogP contribution < -0.4 is 15.8 Å². The zero-order valence-electron chi connectivity index (χ0n) is 19.5. The van der Waals surface area contributed by atoms with E-state index in [0.717, 1.165) is 26.9 Å². The minimum Gasteiger partial charge on any atom is -0.484 e. The maximum Gasteiger partial charge on any atom is 0.247 e. The maximum absolute atomic E-state index is 13.0. The molecule has 0 spiro atoms. The van der Waals surface area contributed by atoms with Gasteiger partial charge in [0.1, 0.15) is 24.0 Å². The van der Waals surface area contributed by atoms with Crippen LogP contribution >= 0.6 is 11.8 Å². The number of hydrogen-bond donors (Lipinski definition) is 5. The highest BCUT2D eigenvalue weighted by Gasteiger charge is 2.35. The number of primary amides is 1. The van der Waals surface area contributed by atoms with Crippen molar-refractivity contribution in [1.82, 2.24) is 10.3 Å². The van der Waals surface area contributed by atoms with Gasteiger partial charge < -0.3 is 31.0 Å². The van der Waals surface area contributed by atoms with Crippen molar-refractivity contribution < 1.29 is 24.5 Å². The molecule has 1 aliphatic carbocycles. The number of carbonyl (C=O) groups is 2. The molecule has 2 aromatic carbocycles. The summed E-state index contributed by atoms with van der Waals surface area (Å²) in [6.07, 6.45) is 2.08. The third-order valence-corrected chi connectivity index (χ3v) is 7.10. The molecule has 0 saturated heterocycles. The summed E-state index contributed by atoms with van der Waals surface area (Å²) in [4.78, 5) is 29.4. The van der Waals surface area contributed by atoms with E-state index in [-0.39, 0.29) is 18.4 Å². The van der Waals surface area contributed by atoms with Gasteiger partial charge in [-0.15, -0.1) is 11.8 Å². The Morgan fingerprint density at radius 1 is 1.26 bits per heavy atom. The van der Waals surface area contributed by atoms with Crippen molar-refractivity contribution in [3.8, 4) is 5.75 Å². The number of carbonyl (C=O) groups excluding carboxylic acids is 2. The standard InChI is InChI=1S/C26H29N3O5S/c1-14-9-17(7-8-23(14)35-2)34-22-12-15(11-21(30)24(22)31)26(33)29-20(25(27)32)10-16-13-28-19-6-4-3-5-18(16)19/h3-9,12-13,20-22,24,28,30-31H,10-11H2,1-2H3,(H2,27,32)(H,29,33)/t20-,21-,22-,24-/m1/s1. The third-order valence-electron chi connectivity index (χ3n) is 6.20. The third kappa shape index (κ3) is 5.53. The summed E-state index contributed by atoms with van der Waals surface area (Å²) in [5.74, 6) is -0.691. The van der Waals surface area contributed by atoms with Gasteiger partial charge in [0.2, 0.25) is 11.8 Å². The summed E-state index contributed by atoms with van der Waals surface area (Å²) in [6, 6.07) is 12.2. The number of rotatable bonds is 8. The van der Waals surface area contributed by atoms with Gasteiger partial charge in [0.05, 0.1) is 6.10 Å². The molecule has 35 heavy (non-hydrogen) atoms. The largest absolute Gasteiger partial charge is 0.484 e. The van der Waals surface area contributed by atoms with Crippen LogP contribution in [0, 0.1) is 6.92 Å². The average molecular weight is 496 g/mol. The molecule has 4 atom stereocenters. The van der Waals surface area contributed by atoms with Crippen molar-refractivity contribution in [1.29, 1.82) is 0 Å². The van der Waals surface area contributed by atoms with E-state index in [1.54, 1.807) is 24.0 Å². The van der Waals surface area contributed by atoms with Crippen LogP contribution in [-0.4, -0.2) is 57.6 Å². The fourth-order valence-electron chi connectivity index (χ4n) is 4.28. The average Bonchev–Trinajstić information content (AvgIpc) is 3.24. The number of aliphatic hydroxyl groups excluding tert-OH is 2. The molecule has 3 aromatic rings. The molecule has 1 aromatic heterocycles. The fourth-order valence-corrected chi connectivity index (χ4v) is 4.86. The van der Waals surface area contributed by atoms with E-state index in [1.165, 1.54) is 6.08 Å². The summed E-state index contributed by atoms with van der Waals surface area (Å²) in [6.45, 7) is 1.96. The molecule has 6 N–H and O–H groups in total. The number of para-hydroxylation sites is 1. The van der Waals surface area contributed by atoms with E-state index in [1.807, 2.05) is 49.6 Å². The summed E-state index contributed by atoms with van der Waals surface area (Å²) in [7, 11) is 0. The van der Waals surface area contributed by atoms with Crippen LogP contribution in [0.2, 0.25) is 0 Å². The van der Waals surface area contributed by atoms with Gasteiger partial charge in [0.15, 0.2) is 0 Å². The van der Waals surface area contributed by atoms with Crippen LogP contribution in [0.25, 0.3) is 10.9 Å². The van der Waals surface area contributed by atoms with Gasteiger partial charge in [-0.3, -0.25) is 9.59 Å². The van der Waals surface area contributed by atoms with E-state index in [0.29, 0.717) is 5.75 Å². The van der Waals surface area contributed by atoms with Gasteiger partial charge >= 0.3 is 0 Å². The monoisotopic (exact) mass is 495 g/mol. The van der Waals surface area contributed by atoms with Crippen LogP contribution in [0.1, 0.15) is 17.5 Å². The van der Waals surface area contributed by atoms with Crippen molar-refractivity contribution >= 4 is 34.5 Å². The zero-order valence-corrected chi connectivity index (χ0v) is 20.3. The molecule has 0 saturated carbocycles. The second-order valence-electron chi connectivity index (χ2n) is 8.66. The van der Waals surface area contributed by atoms with Crippen molar-refractivity contribution in [2.75, 3.05) is 6.26 Å². The van der Waals surface area contributed by atoms with E-state index in [9.17, 15) is 19.8 Å². The SMILES string of the molecule is CSc1ccc(O[C@@H]2C=C(C(=O)N[C@H](Cc3c[nH]c4ccccc34)C(N)=O)C[C@@H](O)[C@H]2O)cc1C. The number of aryl methyl sites for hydroxylation is 1. The number of amides is 2. The molecular formula is C26H29N3O5S. The Balaban J connectivity index is 1.51. The molecule has 184 valence electrons. The second kappa shape index (κ2) is 10.6. The lowest BCUT2D eigenvalue weighted by Gasteiger charge is -2.31. The molecule has 0 aliphatic heterocycles. The lowest BCUT2D eigenvalue weighted by molar-refractivity contribution is -0.126. The Labute approximate surface area is 207 Å². The molecule has 8 nitrogen and oxygen atoms in total. The van der Waals surface area contributed by atoms with Crippen LogP contribution in [0.5, 0.6) is 5.75 Å². The number of aromatic nitrogens is 1. The number of aromatic amines is 1. The highest BCUT2D eigenvalue weighted by Crippen LogP contribution is 2.28. The van der Waals surface area contributed by atoms with Gasteiger partial charge in [0, 0.05) is 40.4 Å². The number of fused-ring (bicyclic) bond motifs is 1. The summed E-state index contributed by atoms with van der Waals surface area (Å²) < 4.78 is 5.91. The predicted octanol–water partition coefficient (Wildman–Crippen LogP) is 2.21. The Morgan fingerprint density at radius 3 is 2.74 bits per heavy atom. The van der Waals surface area contributed by atoms with Gasteiger partial charge in [-0.2, -0.15) is 0 Å². The minimum absolute atomic E-state index is 0.0735. The summed E-state index contributed by atoms with van der Waals surface area (Å²) in [5, 5.41) is 24.5. The second-order valence-corrected chi connectivity index (χ2v) is 9.51. The maximum atomic E-state index is 13.0. The predicted molar refractivity (Wildman–Crippen MR) is 135 cm³/mol. The fraction of sp³-hybridized carbons (Fsp3) is 0.308. The first-order valence-electron chi connectivity index (χ1n) is 11.3. The van der Waals surface area contributed by atoms with Gasteiger partial charge in [-0.05, 0) is 54.6 Å². The van der Waals surface area contributed by atoms with Gasteiger partial charge in [-0.1, -0.05) is 18.2 Å². The van der Waals surface area contributed by atoms with Crippen molar-refractivity contribution in [3.05, 3.63) is 71.4 Å². The Morgan fingerprint density at radius 2 is 2.03 bits per heavy atom. The lowest BCUT2D eigenvalue weighted by atomic mass is 9.91. The number of nitrogens with two attached hydrogens (primary N) is 1. The molecule has 0 unspecified atom stereocenters. The molecule has 0 bridgehead atoms. The van der Waals surface area contributed by atoms with Crippen molar-refractivity contribution in [3.63, 3.8) is 0 Å². The molecule has 9 heteroatoms. The summed E-state index contributed by atoms with van der Waals surface area (Å²) >= 11 is 1.62. The molecule has 0 radical (unpaired) electrons. The van der Waals surface area contributed by atoms with E-state index in [2.05, 4.69) is 10.3 Å². The van der Waals surface area contributed by atoms with Crippen molar-refractivity contribution in [2.24, 2.45) is 5.73 Å². The number of hydrogen-bond acceptors (Lipinski definition) is 6. The molecule has 0 fully saturated rings. The first kappa shape index (κ1) is 24.8. The number of thioether (sulfide) groups is 1. The van der Waals surface area contributed by atoms with Crippen LogP contribution in [0.3, 0.4) is 0 Å². The smallest absolute Gasteiger partial charge is 0.247 e. The topological polar surface area (TPSA) is 138 Å². The molecule has 4 rings (SSSR count). The lowest BCUT2D eigenvalue weighted by Crippen LogP contribution is -2.49. The number of H-pyrrole nitrogens is 1. The molecule has 2 amide bonds. The highest BCUT2D eigenvalue weighted by molar-refractivity contribution is 7.98. The van der Waals surface area contributed by atoms with Gasteiger partial charge in [-0.25, -0.2) is 0 Å². The quantitative estimate of drug-likeness (QED) is 0.304. The van der Waals surface area contributed by atoms with Crippen LogP contribution in [0.4, 0.5) is 0 Å². The number of ether oxygens (including phenoxy) is 1. The number of aliphatic hydroxyl groups is 2. The van der Waals surface area contributed by atoms with Crippen LogP contribution in [-0.2, 0) is 16.0 Å². The minimum atomic E-state index is -1.20. The molecular weight excluding hydrogens is 466 g/mol. The zero-order chi connectivity index (χ0) is 25.1. The highest BCUT2D eigenvalue weighted by atomic mass is 32.2. The summed E-state index contributed by atoms with van der Waals surface area (Å²) in [5.41, 5.74) is 8.60. The van der Waals surface area contributed by atoms with Gasteiger partial charge in [0.25, 0.3) is 0 Å². The van der Waals surface area contributed by atoms with E-state index >= 15 is 0 Å². The molecule has 1 heterocycles. The Bertz CT molecular complexity index is 1270. The molecule has 1 aliphatic rings. The first-order valence-corrected chi connectivity index (χ1v) is 12.5. The Hall–Kier alpha value is -3.27. The Kier molecular flexibility index (Phi) is 7.49. The first-order chi connectivity index (χ1) is 16.8. The van der Waals surface area contributed by atoms with Crippen molar-refractivity contribution in [2.45, 2.75) is 49.0 Å².